The van der Waals surface area contributed by atoms with Gasteiger partial charge in [0.15, 0.2) is 23.3 Å². The molecule has 1 aliphatic heterocycles. The fourth-order valence-electron chi connectivity index (χ4n) is 2.46. The molecule has 0 atom stereocenters. The molecule has 1 saturated heterocycles. The molecular weight excluding hydrogens is 474 g/mol. The van der Waals surface area contributed by atoms with Crippen molar-refractivity contribution in [3.05, 3.63) is 56.9 Å². The fraction of sp³-hybridized carbons (Fsp3) is 0.100. The van der Waals surface area contributed by atoms with Gasteiger partial charge in [-0.15, -0.1) is 0 Å². The molecule has 2 N–H and O–H groups in total. The molecule has 152 valence electrons. The van der Waals surface area contributed by atoms with Gasteiger partial charge in [0.2, 0.25) is 0 Å². The number of hydrogen-bond acceptors (Lipinski definition) is 7. The summed E-state index contributed by atoms with van der Waals surface area (Å²) in [5.74, 6) is -0.496. The number of amides is 1. The summed E-state index contributed by atoms with van der Waals surface area (Å²) >= 11 is 4.59. The number of aromatic carboxylic acids is 1. The second-order valence-corrected chi connectivity index (χ2v) is 7.69. The molecule has 3 rings (SSSR count). The molecule has 10 heteroatoms. The van der Waals surface area contributed by atoms with Gasteiger partial charge in [0.05, 0.1) is 23.3 Å². The van der Waals surface area contributed by atoms with Gasteiger partial charge in [0.25, 0.3) is 5.91 Å². The molecule has 2 aromatic carbocycles. The van der Waals surface area contributed by atoms with Crippen LogP contribution in [0.5, 0.6) is 11.5 Å². The lowest BCUT2D eigenvalue weighted by Gasteiger charge is -2.11. The highest BCUT2D eigenvalue weighted by atomic mass is 79.9. The standard InChI is InChI=1S/C20H14BrN3O5S/c1-28-15-8-12(14(21)10-16(15)29-7-6-22)9-17-18(25)24-20(30-17)23-13-4-2-11(3-5-13)19(26)27/h2-5,8-10H,7H2,1H3,(H,26,27)(H,23,24,25)/b17-9-. The third-order valence-corrected chi connectivity index (χ3v) is 5.45. The lowest BCUT2D eigenvalue weighted by atomic mass is 10.2. The van der Waals surface area contributed by atoms with E-state index < -0.39 is 5.97 Å². The van der Waals surface area contributed by atoms with Gasteiger partial charge in [-0.2, -0.15) is 5.26 Å². The first kappa shape index (κ1) is 21.4. The number of thioether (sulfide) groups is 1. The number of aliphatic imine (C=N–C) groups is 1. The number of ether oxygens (including phenoxy) is 2. The summed E-state index contributed by atoms with van der Waals surface area (Å²) in [6, 6.07) is 11.3. The van der Waals surface area contributed by atoms with Crippen LogP contribution < -0.4 is 14.8 Å². The Morgan fingerprint density at radius 1 is 1.33 bits per heavy atom. The molecule has 0 bridgehead atoms. The molecule has 0 aromatic heterocycles. The van der Waals surface area contributed by atoms with Crippen LogP contribution in [-0.2, 0) is 4.79 Å². The molecule has 1 heterocycles. The van der Waals surface area contributed by atoms with Crippen molar-refractivity contribution >= 4 is 56.5 Å². The van der Waals surface area contributed by atoms with Crippen LogP contribution in [0.1, 0.15) is 15.9 Å². The second-order valence-electron chi connectivity index (χ2n) is 5.81. The third-order valence-electron chi connectivity index (χ3n) is 3.86. The van der Waals surface area contributed by atoms with Crippen LogP contribution in [0.2, 0.25) is 0 Å². The summed E-state index contributed by atoms with van der Waals surface area (Å²) in [5, 5.41) is 20.7. The predicted octanol–water partition coefficient (Wildman–Crippen LogP) is 3.95. The van der Waals surface area contributed by atoms with Gasteiger partial charge in [-0.05, 0) is 59.8 Å². The van der Waals surface area contributed by atoms with E-state index in [0.717, 1.165) is 11.8 Å². The summed E-state index contributed by atoms with van der Waals surface area (Å²) in [6.07, 6.45) is 1.68. The minimum atomic E-state index is -1.02. The quantitative estimate of drug-likeness (QED) is 0.591. The van der Waals surface area contributed by atoms with Gasteiger partial charge < -0.3 is 19.9 Å². The number of carbonyl (C=O) groups excluding carboxylic acids is 1. The Kier molecular flexibility index (Phi) is 6.76. The molecule has 1 aliphatic rings. The van der Waals surface area contributed by atoms with Crippen LogP contribution in [0, 0.1) is 11.3 Å². The molecule has 0 radical (unpaired) electrons. The van der Waals surface area contributed by atoms with E-state index in [1.165, 1.54) is 19.2 Å². The number of carboxylic acid groups (broad SMARTS) is 1. The summed E-state index contributed by atoms with van der Waals surface area (Å²) in [7, 11) is 1.48. The number of halogens is 1. The molecule has 8 nitrogen and oxygen atoms in total. The molecule has 1 fully saturated rings. The highest BCUT2D eigenvalue weighted by Gasteiger charge is 2.24. The number of carbonyl (C=O) groups is 2. The smallest absolute Gasteiger partial charge is 0.335 e. The Morgan fingerprint density at radius 2 is 2.07 bits per heavy atom. The lowest BCUT2D eigenvalue weighted by molar-refractivity contribution is -0.115. The van der Waals surface area contributed by atoms with Crippen molar-refractivity contribution < 1.29 is 24.2 Å². The first-order valence-corrected chi connectivity index (χ1v) is 10.0. The molecule has 0 saturated carbocycles. The predicted molar refractivity (Wildman–Crippen MR) is 116 cm³/mol. The summed E-state index contributed by atoms with van der Waals surface area (Å²) in [5.41, 5.74) is 1.36. The molecule has 1 amide bonds. The zero-order valence-corrected chi connectivity index (χ0v) is 17.9. The zero-order chi connectivity index (χ0) is 21.7. The van der Waals surface area contributed by atoms with E-state index in [1.807, 2.05) is 6.07 Å². The monoisotopic (exact) mass is 487 g/mol. The van der Waals surface area contributed by atoms with Crippen LogP contribution in [0.25, 0.3) is 6.08 Å². The van der Waals surface area contributed by atoms with E-state index in [9.17, 15) is 9.59 Å². The van der Waals surface area contributed by atoms with E-state index in [4.69, 9.17) is 19.8 Å². The fourth-order valence-corrected chi connectivity index (χ4v) is 3.73. The third kappa shape index (κ3) is 5.00. The van der Waals surface area contributed by atoms with Crippen LogP contribution in [0.15, 0.2) is 50.8 Å². The number of nitriles is 1. The van der Waals surface area contributed by atoms with E-state index in [1.54, 1.807) is 30.3 Å². The van der Waals surface area contributed by atoms with Gasteiger partial charge in [0.1, 0.15) is 6.07 Å². The molecule has 0 aliphatic carbocycles. The second kappa shape index (κ2) is 9.47. The summed E-state index contributed by atoms with van der Waals surface area (Å²) in [4.78, 5) is 28.0. The number of amidine groups is 1. The molecule has 2 aromatic rings. The van der Waals surface area contributed by atoms with Crippen LogP contribution in [0.4, 0.5) is 5.69 Å². The minimum Gasteiger partial charge on any atom is -0.493 e. The Hall–Kier alpha value is -3.29. The molecule has 0 unspecified atom stereocenters. The van der Waals surface area contributed by atoms with Gasteiger partial charge >= 0.3 is 5.97 Å². The Bertz CT molecular complexity index is 1110. The Morgan fingerprint density at radius 3 is 2.70 bits per heavy atom. The topological polar surface area (TPSA) is 121 Å². The van der Waals surface area contributed by atoms with Crippen molar-refractivity contribution in [1.82, 2.24) is 5.32 Å². The van der Waals surface area contributed by atoms with Gasteiger partial charge in [-0.3, -0.25) is 4.79 Å². The highest BCUT2D eigenvalue weighted by molar-refractivity contribution is 9.10. The zero-order valence-electron chi connectivity index (χ0n) is 15.5. The Labute approximate surface area is 184 Å². The number of methoxy groups -OCH3 is 1. The molecule has 30 heavy (non-hydrogen) atoms. The van der Waals surface area contributed by atoms with E-state index in [-0.39, 0.29) is 18.1 Å². The van der Waals surface area contributed by atoms with E-state index in [0.29, 0.717) is 37.3 Å². The number of nitrogens with zero attached hydrogens (tertiary/aromatic N) is 2. The van der Waals surface area contributed by atoms with Crippen molar-refractivity contribution in [2.75, 3.05) is 13.7 Å². The van der Waals surface area contributed by atoms with E-state index >= 15 is 0 Å². The highest BCUT2D eigenvalue weighted by Crippen LogP contribution is 2.36. The van der Waals surface area contributed by atoms with Crippen molar-refractivity contribution in [3.63, 3.8) is 0 Å². The van der Waals surface area contributed by atoms with Crippen LogP contribution in [-0.4, -0.2) is 35.9 Å². The average Bonchev–Trinajstić information content (AvgIpc) is 3.07. The summed E-state index contributed by atoms with van der Waals surface area (Å²) < 4.78 is 11.3. The van der Waals surface area contributed by atoms with Crippen molar-refractivity contribution in [3.8, 4) is 17.6 Å². The average molecular weight is 488 g/mol. The van der Waals surface area contributed by atoms with Crippen LogP contribution in [0.3, 0.4) is 0 Å². The first-order chi connectivity index (χ1) is 14.4. The number of rotatable bonds is 6. The number of hydrogen-bond donors (Lipinski definition) is 2. The summed E-state index contributed by atoms with van der Waals surface area (Å²) in [6.45, 7) is -0.116. The van der Waals surface area contributed by atoms with Gasteiger partial charge in [0, 0.05) is 4.47 Å². The van der Waals surface area contributed by atoms with Crippen molar-refractivity contribution in [2.45, 2.75) is 0 Å². The molecular formula is C20H14BrN3O5S. The Balaban J connectivity index is 1.84. The molecule has 0 spiro atoms. The van der Waals surface area contributed by atoms with Crippen molar-refractivity contribution in [2.24, 2.45) is 4.99 Å². The van der Waals surface area contributed by atoms with Gasteiger partial charge in [-0.1, -0.05) is 15.9 Å². The number of benzene rings is 2. The minimum absolute atomic E-state index is 0.116. The number of nitrogens with one attached hydrogen (secondary N) is 1. The van der Waals surface area contributed by atoms with Crippen LogP contribution >= 0.6 is 27.7 Å². The first-order valence-electron chi connectivity index (χ1n) is 8.41. The van der Waals surface area contributed by atoms with Crippen molar-refractivity contribution in [1.29, 1.82) is 5.26 Å². The normalized spacial score (nSPS) is 15.7. The largest absolute Gasteiger partial charge is 0.493 e. The van der Waals surface area contributed by atoms with E-state index in [2.05, 4.69) is 26.2 Å². The number of carboxylic acids is 1. The maximum atomic E-state index is 12.3. The lowest BCUT2D eigenvalue weighted by Crippen LogP contribution is -2.19. The van der Waals surface area contributed by atoms with Gasteiger partial charge in [-0.25, -0.2) is 9.79 Å². The SMILES string of the molecule is COc1cc(/C=C2\SC(=Nc3ccc(C(=O)O)cc3)NC2=O)c(Br)cc1OCC#N. The maximum absolute atomic E-state index is 12.3. The maximum Gasteiger partial charge on any atom is 0.335 e.